The number of rotatable bonds is 4. The van der Waals surface area contributed by atoms with Crippen molar-refractivity contribution in [1.29, 1.82) is 0 Å². The van der Waals surface area contributed by atoms with Gasteiger partial charge in [0.15, 0.2) is 11.5 Å². The van der Waals surface area contributed by atoms with Crippen LogP contribution in [0.5, 0.6) is 11.5 Å². The molecule has 0 saturated carbocycles. The number of fused-ring (bicyclic) bond motifs is 1. The molecule has 1 heterocycles. The van der Waals surface area contributed by atoms with Crippen molar-refractivity contribution in [3.05, 3.63) is 58.1 Å². The van der Waals surface area contributed by atoms with Crippen molar-refractivity contribution in [3.63, 3.8) is 0 Å². The third-order valence-corrected chi connectivity index (χ3v) is 4.90. The van der Waals surface area contributed by atoms with Gasteiger partial charge in [0, 0.05) is 18.0 Å². The number of benzene rings is 2. The number of hydrogen-bond acceptors (Lipinski definition) is 3. The molecule has 1 aliphatic heterocycles. The first kappa shape index (κ1) is 17.6. The Bertz CT molecular complexity index is 791. The fraction of sp³-hybridized carbons (Fsp3) is 0.350. The van der Waals surface area contributed by atoms with Gasteiger partial charge < -0.3 is 14.4 Å². The lowest BCUT2D eigenvalue weighted by Gasteiger charge is -2.38. The number of nitrogens with zero attached hydrogens (tertiary/aromatic N) is 1. The Kier molecular flexibility index (Phi) is 5.19. The Labute approximate surface area is 153 Å². The zero-order chi connectivity index (χ0) is 18.0. The molecule has 0 radical (unpaired) electrons. The zero-order valence-electron chi connectivity index (χ0n) is 14.7. The minimum Gasteiger partial charge on any atom is -0.493 e. The van der Waals surface area contributed by atoms with E-state index in [1.54, 1.807) is 14.2 Å². The molecule has 0 N–H and O–H groups in total. The van der Waals surface area contributed by atoms with Crippen molar-refractivity contribution in [1.82, 2.24) is 4.90 Å². The van der Waals surface area contributed by atoms with Crippen molar-refractivity contribution in [2.75, 3.05) is 20.8 Å². The lowest BCUT2D eigenvalue weighted by atomic mass is 9.87. The van der Waals surface area contributed by atoms with Gasteiger partial charge >= 0.3 is 0 Å². The van der Waals surface area contributed by atoms with Crippen LogP contribution in [0.15, 0.2) is 36.4 Å². The molecule has 1 unspecified atom stereocenters. The van der Waals surface area contributed by atoms with E-state index in [0.717, 1.165) is 17.5 Å². The highest BCUT2D eigenvalue weighted by Crippen LogP contribution is 2.41. The lowest BCUT2D eigenvalue weighted by molar-refractivity contribution is -0.132. The highest BCUT2D eigenvalue weighted by Gasteiger charge is 2.32. The molecule has 5 heteroatoms. The Morgan fingerprint density at radius 1 is 1.20 bits per heavy atom. The first-order chi connectivity index (χ1) is 12.1. The Balaban J connectivity index is 2.18. The van der Waals surface area contributed by atoms with Crippen LogP contribution in [0.3, 0.4) is 0 Å². The molecule has 1 atom stereocenters. The molecule has 1 aliphatic rings. The summed E-state index contributed by atoms with van der Waals surface area (Å²) in [5, 5.41) is 0.661. The zero-order valence-corrected chi connectivity index (χ0v) is 15.5. The van der Waals surface area contributed by atoms with Gasteiger partial charge in [0.25, 0.3) is 0 Å². The van der Waals surface area contributed by atoms with Crippen molar-refractivity contribution < 1.29 is 14.3 Å². The van der Waals surface area contributed by atoms with Crippen LogP contribution in [0.1, 0.15) is 36.1 Å². The van der Waals surface area contributed by atoms with E-state index in [4.69, 9.17) is 21.1 Å². The molecular weight excluding hydrogens is 338 g/mol. The predicted molar refractivity (Wildman–Crippen MR) is 98.5 cm³/mol. The van der Waals surface area contributed by atoms with Crippen LogP contribution in [-0.4, -0.2) is 31.6 Å². The summed E-state index contributed by atoms with van der Waals surface area (Å²) >= 11 is 6.21. The number of amides is 1. The summed E-state index contributed by atoms with van der Waals surface area (Å²) in [7, 11) is 3.25. The van der Waals surface area contributed by atoms with Crippen LogP contribution in [0, 0.1) is 0 Å². The van der Waals surface area contributed by atoms with Gasteiger partial charge in [-0.1, -0.05) is 30.7 Å². The smallest absolute Gasteiger partial charge is 0.223 e. The van der Waals surface area contributed by atoms with Gasteiger partial charge in [-0.05, 0) is 47.4 Å². The number of carbonyl (C=O) groups is 1. The van der Waals surface area contributed by atoms with E-state index in [1.165, 1.54) is 5.56 Å². The SMILES string of the molecule is CCC(=O)N1CCc2cc(OC)c(OC)cc2C1c1cccc(Cl)c1. The van der Waals surface area contributed by atoms with Gasteiger partial charge in [0.2, 0.25) is 5.91 Å². The lowest BCUT2D eigenvalue weighted by Crippen LogP contribution is -2.40. The number of halogens is 1. The highest BCUT2D eigenvalue weighted by molar-refractivity contribution is 6.30. The van der Waals surface area contributed by atoms with Crippen molar-refractivity contribution in [2.24, 2.45) is 0 Å². The maximum Gasteiger partial charge on any atom is 0.223 e. The standard InChI is InChI=1S/C20H22ClNO3/c1-4-19(23)22-9-8-13-11-17(24-2)18(25-3)12-16(13)20(22)14-6-5-7-15(21)10-14/h5-7,10-12,20H,4,8-9H2,1-3H3. The van der Waals surface area contributed by atoms with Crippen molar-refractivity contribution in [3.8, 4) is 11.5 Å². The maximum atomic E-state index is 12.6. The third-order valence-electron chi connectivity index (χ3n) is 4.66. The van der Waals surface area contributed by atoms with Gasteiger partial charge in [0.1, 0.15) is 0 Å². The predicted octanol–water partition coefficient (Wildman–Crippen LogP) is 4.24. The highest BCUT2D eigenvalue weighted by atomic mass is 35.5. The largest absolute Gasteiger partial charge is 0.493 e. The minimum atomic E-state index is -0.172. The van der Waals surface area contributed by atoms with Crippen LogP contribution in [0.2, 0.25) is 5.02 Å². The Morgan fingerprint density at radius 2 is 1.92 bits per heavy atom. The normalized spacial score (nSPS) is 16.3. The molecule has 0 aliphatic carbocycles. The molecule has 132 valence electrons. The van der Waals surface area contributed by atoms with Crippen LogP contribution in [-0.2, 0) is 11.2 Å². The fourth-order valence-electron chi connectivity index (χ4n) is 3.45. The summed E-state index contributed by atoms with van der Waals surface area (Å²) in [6, 6.07) is 11.5. The summed E-state index contributed by atoms with van der Waals surface area (Å²) in [5.41, 5.74) is 3.23. The number of methoxy groups -OCH3 is 2. The average molecular weight is 360 g/mol. The van der Waals surface area contributed by atoms with E-state index in [9.17, 15) is 4.79 Å². The first-order valence-corrected chi connectivity index (χ1v) is 8.76. The van der Waals surface area contributed by atoms with E-state index >= 15 is 0 Å². The van der Waals surface area contributed by atoms with Crippen molar-refractivity contribution in [2.45, 2.75) is 25.8 Å². The maximum absolute atomic E-state index is 12.6. The van der Waals surface area contributed by atoms with Gasteiger partial charge in [-0.15, -0.1) is 0 Å². The van der Waals surface area contributed by atoms with Crippen molar-refractivity contribution >= 4 is 17.5 Å². The first-order valence-electron chi connectivity index (χ1n) is 8.38. The third kappa shape index (κ3) is 3.31. The van der Waals surface area contributed by atoms with E-state index in [-0.39, 0.29) is 11.9 Å². The molecule has 0 spiro atoms. The van der Waals surface area contributed by atoms with E-state index < -0.39 is 0 Å². The molecule has 0 saturated heterocycles. The Hall–Kier alpha value is -2.20. The number of hydrogen-bond donors (Lipinski definition) is 0. The molecule has 3 rings (SSSR count). The summed E-state index contributed by atoms with van der Waals surface area (Å²) in [4.78, 5) is 14.5. The Morgan fingerprint density at radius 3 is 2.56 bits per heavy atom. The number of carbonyl (C=O) groups excluding carboxylic acids is 1. The second kappa shape index (κ2) is 7.36. The van der Waals surface area contributed by atoms with E-state index in [1.807, 2.05) is 48.2 Å². The molecule has 2 aromatic rings. The summed E-state index contributed by atoms with van der Waals surface area (Å²) in [5.74, 6) is 1.51. The molecule has 25 heavy (non-hydrogen) atoms. The average Bonchev–Trinajstić information content (AvgIpc) is 2.65. The van der Waals surface area contributed by atoms with Gasteiger partial charge in [0.05, 0.1) is 20.3 Å². The number of ether oxygens (including phenoxy) is 2. The second-order valence-electron chi connectivity index (χ2n) is 6.05. The monoisotopic (exact) mass is 359 g/mol. The van der Waals surface area contributed by atoms with Crippen LogP contribution >= 0.6 is 11.6 Å². The quantitative estimate of drug-likeness (QED) is 0.819. The van der Waals surface area contributed by atoms with Gasteiger partial charge in [-0.25, -0.2) is 0 Å². The van der Waals surface area contributed by atoms with Gasteiger partial charge in [-0.3, -0.25) is 4.79 Å². The molecule has 0 fully saturated rings. The molecular formula is C20H22ClNO3. The summed E-state index contributed by atoms with van der Waals surface area (Å²) in [6.07, 6.45) is 1.26. The van der Waals surface area contributed by atoms with Crippen LogP contribution in [0.4, 0.5) is 0 Å². The second-order valence-corrected chi connectivity index (χ2v) is 6.49. The van der Waals surface area contributed by atoms with Gasteiger partial charge in [-0.2, -0.15) is 0 Å². The van der Waals surface area contributed by atoms with Crippen LogP contribution in [0.25, 0.3) is 0 Å². The van der Waals surface area contributed by atoms with E-state index in [0.29, 0.717) is 29.5 Å². The molecule has 4 nitrogen and oxygen atoms in total. The summed E-state index contributed by atoms with van der Waals surface area (Å²) < 4.78 is 10.9. The minimum absolute atomic E-state index is 0.130. The molecule has 0 bridgehead atoms. The molecule has 2 aromatic carbocycles. The summed E-state index contributed by atoms with van der Waals surface area (Å²) in [6.45, 7) is 2.56. The van der Waals surface area contributed by atoms with E-state index in [2.05, 4.69) is 0 Å². The molecule has 0 aromatic heterocycles. The fourth-order valence-corrected chi connectivity index (χ4v) is 3.65. The van der Waals surface area contributed by atoms with Crippen LogP contribution < -0.4 is 9.47 Å². The topological polar surface area (TPSA) is 38.8 Å². The molecule has 1 amide bonds.